The van der Waals surface area contributed by atoms with E-state index in [0.717, 1.165) is 31.2 Å². The molecule has 0 bridgehead atoms. The zero-order chi connectivity index (χ0) is 23.3. The number of pyridine rings is 1. The Morgan fingerprint density at radius 3 is 2.45 bits per heavy atom. The summed E-state index contributed by atoms with van der Waals surface area (Å²) in [5, 5.41) is 4.71. The van der Waals surface area contributed by atoms with Gasteiger partial charge in [0.2, 0.25) is 21.7 Å². The summed E-state index contributed by atoms with van der Waals surface area (Å²) in [5.74, 6) is 2.49. The molecule has 0 amide bonds. The van der Waals surface area contributed by atoms with Crippen molar-refractivity contribution in [2.45, 2.75) is 41.4 Å². The van der Waals surface area contributed by atoms with E-state index >= 15 is 0 Å². The summed E-state index contributed by atoms with van der Waals surface area (Å²) < 4.78 is 43.3. The third-order valence-corrected chi connectivity index (χ3v) is 8.18. The van der Waals surface area contributed by atoms with Crippen LogP contribution in [-0.4, -0.2) is 55.2 Å². The average molecular weight is 491 g/mol. The molecule has 0 radical (unpaired) electrons. The number of sulfonamides is 1. The number of methoxy groups -OCH3 is 2. The molecule has 2 aromatic heterocycles. The Balaban J connectivity index is 1.40. The summed E-state index contributed by atoms with van der Waals surface area (Å²) in [5.41, 5.74) is 0.744. The van der Waals surface area contributed by atoms with Crippen LogP contribution in [0, 0.1) is 0 Å². The molecule has 4 rings (SSSR count). The molecule has 0 spiro atoms. The first-order valence-electron chi connectivity index (χ1n) is 10.7. The van der Waals surface area contributed by atoms with Crippen LogP contribution in [0.5, 0.6) is 11.5 Å². The van der Waals surface area contributed by atoms with Crippen LogP contribution in [0.25, 0.3) is 11.4 Å². The molecule has 1 saturated heterocycles. The molecule has 3 aromatic rings. The van der Waals surface area contributed by atoms with E-state index in [9.17, 15) is 8.42 Å². The van der Waals surface area contributed by atoms with Crippen molar-refractivity contribution >= 4 is 21.8 Å². The Hall–Kier alpha value is -2.63. The molecule has 1 aliphatic heterocycles. The van der Waals surface area contributed by atoms with Gasteiger partial charge in [0, 0.05) is 24.8 Å². The van der Waals surface area contributed by atoms with Crippen molar-refractivity contribution in [1.82, 2.24) is 19.4 Å². The third kappa shape index (κ3) is 5.48. The molecule has 3 heterocycles. The van der Waals surface area contributed by atoms with Gasteiger partial charge in [-0.25, -0.2) is 13.4 Å². The number of hydrogen-bond donors (Lipinski definition) is 0. The first-order chi connectivity index (χ1) is 16.0. The number of rotatable bonds is 8. The largest absolute Gasteiger partial charge is 0.493 e. The summed E-state index contributed by atoms with van der Waals surface area (Å²) in [6.07, 6.45) is 5.37. The van der Waals surface area contributed by atoms with E-state index in [1.807, 2.05) is 6.07 Å². The topological polar surface area (TPSA) is 108 Å². The molecular weight excluding hydrogens is 464 g/mol. The molecule has 176 valence electrons. The second kappa shape index (κ2) is 10.5. The molecule has 1 fully saturated rings. The fraction of sp³-hybridized carbons (Fsp3) is 0.409. The van der Waals surface area contributed by atoms with Crippen molar-refractivity contribution in [3.05, 3.63) is 42.4 Å². The summed E-state index contributed by atoms with van der Waals surface area (Å²) in [6.45, 7) is 1.14. The van der Waals surface area contributed by atoms with Crippen LogP contribution in [0.3, 0.4) is 0 Å². The van der Waals surface area contributed by atoms with E-state index in [-0.39, 0.29) is 4.90 Å². The van der Waals surface area contributed by atoms with E-state index in [0.29, 0.717) is 47.1 Å². The lowest BCUT2D eigenvalue weighted by Gasteiger charge is -2.19. The van der Waals surface area contributed by atoms with Crippen molar-refractivity contribution in [3.63, 3.8) is 0 Å². The fourth-order valence-corrected chi connectivity index (χ4v) is 5.72. The van der Waals surface area contributed by atoms with Crippen molar-refractivity contribution in [1.29, 1.82) is 0 Å². The molecule has 33 heavy (non-hydrogen) atoms. The maximum atomic E-state index is 12.9. The van der Waals surface area contributed by atoms with E-state index < -0.39 is 10.0 Å². The molecule has 0 unspecified atom stereocenters. The van der Waals surface area contributed by atoms with Gasteiger partial charge in [-0.05, 0) is 43.2 Å². The number of benzene rings is 1. The maximum Gasteiger partial charge on any atom is 0.244 e. The molecule has 1 aliphatic rings. The highest BCUT2D eigenvalue weighted by Crippen LogP contribution is 2.31. The first-order valence-corrected chi connectivity index (χ1v) is 13.1. The Morgan fingerprint density at radius 1 is 1.03 bits per heavy atom. The molecule has 0 N–H and O–H groups in total. The molecule has 9 nitrogen and oxygen atoms in total. The van der Waals surface area contributed by atoms with Crippen molar-refractivity contribution < 1.29 is 22.4 Å². The monoisotopic (exact) mass is 490 g/mol. The van der Waals surface area contributed by atoms with Crippen LogP contribution in [0.1, 0.15) is 31.6 Å². The Kier molecular flexibility index (Phi) is 7.51. The second-order valence-corrected chi connectivity index (χ2v) is 10.5. The Bertz CT molecular complexity index is 1170. The van der Waals surface area contributed by atoms with Crippen molar-refractivity contribution in [3.8, 4) is 22.9 Å². The normalized spacial score (nSPS) is 15.2. The summed E-state index contributed by atoms with van der Waals surface area (Å²) in [6, 6.07) is 8.71. The first kappa shape index (κ1) is 23.5. The van der Waals surface area contributed by atoms with E-state index in [1.54, 1.807) is 42.8 Å². The minimum absolute atomic E-state index is 0.224. The molecule has 0 atom stereocenters. The Labute approximate surface area is 197 Å². The number of ether oxygens (including phenoxy) is 2. The third-order valence-electron chi connectivity index (χ3n) is 5.37. The predicted molar refractivity (Wildman–Crippen MR) is 124 cm³/mol. The van der Waals surface area contributed by atoms with Crippen LogP contribution >= 0.6 is 11.8 Å². The highest BCUT2D eigenvalue weighted by atomic mass is 32.2. The van der Waals surface area contributed by atoms with Gasteiger partial charge in [-0.2, -0.15) is 9.29 Å². The van der Waals surface area contributed by atoms with Crippen LogP contribution in [0.2, 0.25) is 0 Å². The van der Waals surface area contributed by atoms with E-state index in [4.69, 9.17) is 14.0 Å². The molecular formula is C22H26N4O5S2. The highest BCUT2D eigenvalue weighted by molar-refractivity contribution is 7.98. The van der Waals surface area contributed by atoms with Gasteiger partial charge in [-0.1, -0.05) is 29.8 Å². The maximum absolute atomic E-state index is 12.9. The number of thioether (sulfide) groups is 1. The van der Waals surface area contributed by atoms with Gasteiger partial charge >= 0.3 is 0 Å². The predicted octanol–water partition coefficient (Wildman–Crippen LogP) is 4.01. The second-order valence-electron chi connectivity index (χ2n) is 7.52. The average Bonchev–Trinajstić information content (AvgIpc) is 3.14. The number of nitrogens with zero attached hydrogens (tertiary/aromatic N) is 4. The van der Waals surface area contributed by atoms with Gasteiger partial charge in [-0.15, -0.1) is 0 Å². The minimum atomic E-state index is -3.51. The molecule has 0 aliphatic carbocycles. The number of aromatic nitrogens is 3. The summed E-state index contributed by atoms with van der Waals surface area (Å²) >= 11 is 1.39. The van der Waals surface area contributed by atoms with Gasteiger partial charge in [0.15, 0.2) is 11.5 Å². The van der Waals surface area contributed by atoms with Gasteiger partial charge in [0.1, 0.15) is 4.90 Å². The zero-order valence-electron chi connectivity index (χ0n) is 18.6. The summed E-state index contributed by atoms with van der Waals surface area (Å²) in [4.78, 5) is 8.97. The summed E-state index contributed by atoms with van der Waals surface area (Å²) in [7, 11) is -0.364. The van der Waals surface area contributed by atoms with Crippen molar-refractivity contribution in [2.24, 2.45) is 0 Å². The van der Waals surface area contributed by atoms with Gasteiger partial charge < -0.3 is 14.0 Å². The van der Waals surface area contributed by atoms with E-state index in [2.05, 4.69) is 15.1 Å². The van der Waals surface area contributed by atoms with Gasteiger partial charge in [0.05, 0.1) is 25.0 Å². The highest BCUT2D eigenvalue weighted by Gasteiger charge is 2.25. The Morgan fingerprint density at radius 2 is 1.79 bits per heavy atom. The SMILES string of the molecule is COc1ccc(-c2noc(CSc3ccc(S(=O)(=O)N4CCCCCC4)cn3)n2)cc1OC. The number of hydrogen-bond acceptors (Lipinski definition) is 9. The van der Waals surface area contributed by atoms with Gasteiger partial charge in [0.25, 0.3) is 0 Å². The van der Waals surface area contributed by atoms with Crippen LogP contribution in [-0.2, 0) is 15.8 Å². The standard InChI is InChI=1S/C22H26N4O5S2/c1-29-18-9-7-16(13-19(18)30-2)22-24-20(31-25-22)15-32-21-10-8-17(14-23-21)33(27,28)26-11-5-3-4-6-12-26/h7-10,13-14H,3-6,11-12,15H2,1-2H3. The lowest BCUT2D eigenvalue weighted by atomic mass is 10.2. The molecule has 0 saturated carbocycles. The lowest BCUT2D eigenvalue weighted by molar-refractivity contribution is 0.355. The van der Waals surface area contributed by atoms with Crippen LogP contribution in [0.15, 0.2) is 51.0 Å². The van der Waals surface area contributed by atoms with E-state index in [1.165, 1.54) is 18.0 Å². The minimum Gasteiger partial charge on any atom is -0.493 e. The lowest BCUT2D eigenvalue weighted by Crippen LogP contribution is -2.32. The fourth-order valence-electron chi connectivity index (χ4n) is 3.58. The quantitative estimate of drug-likeness (QED) is 0.433. The molecule has 1 aromatic carbocycles. The van der Waals surface area contributed by atoms with Gasteiger partial charge in [-0.3, -0.25) is 0 Å². The zero-order valence-corrected chi connectivity index (χ0v) is 20.2. The molecule has 11 heteroatoms. The van der Waals surface area contributed by atoms with Crippen LogP contribution in [0.4, 0.5) is 0 Å². The smallest absolute Gasteiger partial charge is 0.244 e. The van der Waals surface area contributed by atoms with Crippen molar-refractivity contribution in [2.75, 3.05) is 27.3 Å². The van der Waals surface area contributed by atoms with Crippen LogP contribution < -0.4 is 9.47 Å².